The van der Waals surface area contributed by atoms with E-state index in [2.05, 4.69) is 24.3 Å². The highest BCUT2D eigenvalue weighted by atomic mass is 16.5. The third-order valence-electron chi connectivity index (χ3n) is 6.88. The Morgan fingerprint density at radius 2 is 0.825 bits per heavy atom. The fourth-order valence-electron chi connectivity index (χ4n) is 4.57. The van der Waals surface area contributed by atoms with Gasteiger partial charge in [-0.3, -0.25) is 0 Å². The first-order valence-corrected chi connectivity index (χ1v) is 13.3. The van der Waals surface area contributed by atoms with E-state index in [0.717, 1.165) is 46.0 Å². The van der Waals surface area contributed by atoms with Crippen molar-refractivity contribution in [1.29, 1.82) is 0 Å². The van der Waals surface area contributed by atoms with Gasteiger partial charge < -0.3 is 19.1 Å². The molecule has 0 aliphatic rings. The average molecular weight is 527 g/mol. The highest BCUT2D eigenvalue weighted by Gasteiger charge is 2.17. The Kier molecular flexibility index (Phi) is 8.80. The number of hydrogen-bond acceptors (Lipinski definition) is 4. The topological polar surface area (TPSA) is 52.6 Å². The smallest absolute Gasteiger partial charge is 0.130 e. The van der Waals surface area contributed by atoms with Crippen LogP contribution >= 0.6 is 0 Å². The fraction of sp³-hybridized carbons (Fsp3) is 0.111. The molecular weight excluding hydrogens is 496 g/mol. The molecule has 0 aliphatic heterocycles. The molecule has 0 saturated carbocycles. The van der Waals surface area contributed by atoms with Gasteiger partial charge in [0.15, 0.2) is 0 Å². The Morgan fingerprint density at radius 3 is 1.20 bits per heavy atom. The molecule has 0 aromatic heterocycles. The first-order chi connectivity index (χ1) is 19.7. The van der Waals surface area contributed by atoms with E-state index in [-0.39, 0.29) is 13.2 Å². The van der Waals surface area contributed by atoms with Crippen molar-refractivity contribution in [3.8, 4) is 33.8 Å². The lowest BCUT2D eigenvalue weighted by molar-refractivity contribution is -0.110. The Bertz CT molecular complexity index is 1400. The SMILES string of the molecule is O=CC(COc1ccc(-c2ccccc2)cc1)c1cccc(C(C=O)COc2ccc(-c3ccccc3)cc2)c1. The van der Waals surface area contributed by atoms with Gasteiger partial charge in [0.05, 0.1) is 11.8 Å². The van der Waals surface area contributed by atoms with Gasteiger partial charge in [0.25, 0.3) is 0 Å². The van der Waals surface area contributed by atoms with Crippen LogP contribution in [-0.2, 0) is 9.59 Å². The molecule has 0 spiro atoms. The minimum absolute atomic E-state index is 0.202. The Hall–Kier alpha value is -4.96. The highest BCUT2D eigenvalue weighted by Crippen LogP contribution is 2.26. The Morgan fingerprint density at radius 1 is 0.450 bits per heavy atom. The number of carbonyl (C=O) groups is 2. The van der Waals surface area contributed by atoms with Crippen LogP contribution in [0.2, 0.25) is 0 Å². The second-order valence-electron chi connectivity index (χ2n) is 9.56. The van der Waals surface area contributed by atoms with E-state index in [1.807, 2.05) is 109 Å². The van der Waals surface area contributed by atoms with Gasteiger partial charge in [-0.05, 0) is 57.6 Å². The second-order valence-corrected chi connectivity index (χ2v) is 9.56. The third kappa shape index (κ3) is 6.72. The Labute approximate surface area is 234 Å². The van der Waals surface area contributed by atoms with Gasteiger partial charge in [-0.1, -0.05) is 109 Å². The van der Waals surface area contributed by atoms with E-state index < -0.39 is 11.8 Å². The molecule has 40 heavy (non-hydrogen) atoms. The molecule has 5 rings (SSSR count). The normalized spacial score (nSPS) is 12.2. The summed E-state index contributed by atoms with van der Waals surface area (Å²) in [4.78, 5) is 24.0. The largest absolute Gasteiger partial charge is 0.493 e. The van der Waals surface area contributed by atoms with E-state index in [0.29, 0.717) is 11.5 Å². The molecule has 2 atom stereocenters. The molecule has 4 nitrogen and oxygen atoms in total. The number of aldehydes is 2. The maximum absolute atomic E-state index is 12.0. The zero-order valence-corrected chi connectivity index (χ0v) is 22.1. The standard InChI is InChI=1S/C36H30O4/c37-23-33(25-39-35-18-14-29(15-19-35)27-8-3-1-4-9-27)31-12-7-13-32(22-31)34(24-38)26-40-36-20-16-30(17-21-36)28-10-5-2-6-11-28/h1-24,33-34H,25-26H2. The van der Waals surface area contributed by atoms with Crippen molar-refractivity contribution in [2.24, 2.45) is 0 Å². The molecule has 5 aromatic rings. The first kappa shape index (κ1) is 26.6. The fourth-order valence-corrected chi connectivity index (χ4v) is 4.57. The predicted octanol–water partition coefficient (Wildman–Crippen LogP) is 7.74. The van der Waals surface area contributed by atoms with E-state index in [4.69, 9.17) is 9.47 Å². The van der Waals surface area contributed by atoms with Gasteiger partial charge in [0, 0.05) is 0 Å². The van der Waals surface area contributed by atoms with Crippen molar-refractivity contribution in [3.63, 3.8) is 0 Å². The molecule has 5 aromatic carbocycles. The van der Waals surface area contributed by atoms with Crippen LogP contribution in [0.25, 0.3) is 22.3 Å². The van der Waals surface area contributed by atoms with Gasteiger partial charge >= 0.3 is 0 Å². The van der Waals surface area contributed by atoms with E-state index >= 15 is 0 Å². The molecule has 0 saturated heterocycles. The Balaban J connectivity index is 1.20. The summed E-state index contributed by atoms with van der Waals surface area (Å²) in [6.07, 6.45) is 1.77. The minimum atomic E-state index is -0.465. The summed E-state index contributed by atoms with van der Waals surface area (Å²) >= 11 is 0. The number of ether oxygens (including phenoxy) is 2. The van der Waals surface area contributed by atoms with Crippen LogP contribution in [0.1, 0.15) is 23.0 Å². The zero-order valence-electron chi connectivity index (χ0n) is 22.1. The lowest BCUT2D eigenvalue weighted by Crippen LogP contribution is -2.15. The summed E-state index contributed by atoms with van der Waals surface area (Å²) in [5.74, 6) is 0.459. The second kappa shape index (κ2) is 13.2. The van der Waals surface area contributed by atoms with Crippen molar-refractivity contribution in [2.45, 2.75) is 11.8 Å². The van der Waals surface area contributed by atoms with Crippen LogP contribution in [0, 0.1) is 0 Å². The summed E-state index contributed by atoms with van der Waals surface area (Å²) in [6, 6.07) is 43.4. The number of carbonyl (C=O) groups excluding carboxylic acids is 2. The van der Waals surface area contributed by atoms with Crippen molar-refractivity contribution >= 4 is 12.6 Å². The number of hydrogen-bond donors (Lipinski definition) is 0. The number of rotatable bonds is 12. The average Bonchev–Trinajstić information content (AvgIpc) is 3.03. The van der Waals surface area contributed by atoms with Crippen LogP contribution in [0.4, 0.5) is 0 Å². The highest BCUT2D eigenvalue weighted by molar-refractivity contribution is 5.67. The molecule has 2 unspecified atom stereocenters. The van der Waals surface area contributed by atoms with Crippen molar-refractivity contribution in [3.05, 3.63) is 145 Å². The van der Waals surface area contributed by atoms with Crippen LogP contribution in [-0.4, -0.2) is 25.8 Å². The first-order valence-electron chi connectivity index (χ1n) is 13.3. The lowest BCUT2D eigenvalue weighted by atomic mass is 9.94. The maximum Gasteiger partial charge on any atom is 0.130 e. The molecule has 0 bridgehead atoms. The van der Waals surface area contributed by atoms with Crippen molar-refractivity contribution in [1.82, 2.24) is 0 Å². The minimum Gasteiger partial charge on any atom is -0.493 e. The molecule has 0 amide bonds. The summed E-state index contributed by atoms with van der Waals surface area (Å²) in [5.41, 5.74) is 6.06. The van der Waals surface area contributed by atoms with Gasteiger partial charge in [-0.2, -0.15) is 0 Å². The molecule has 0 radical (unpaired) electrons. The summed E-state index contributed by atoms with van der Waals surface area (Å²) < 4.78 is 11.9. The number of benzene rings is 5. The molecular formula is C36H30O4. The van der Waals surface area contributed by atoms with Gasteiger partial charge in [0.2, 0.25) is 0 Å². The van der Waals surface area contributed by atoms with Gasteiger partial charge in [-0.15, -0.1) is 0 Å². The van der Waals surface area contributed by atoms with Crippen LogP contribution < -0.4 is 9.47 Å². The summed E-state index contributed by atoms with van der Waals surface area (Å²) in [5, 5.41) is 0. The molecule has 0 fully saturated rings. The monoisotopic (exact) mass is 526 g/mol. The lowest BCUT2D eigenvalue weighted by Gasteiger charge is -2.17. The van der Waals surface area contributed by atoms with Crippen LogP contribution in [0.5, 0.6) is 11.5 Å². The maximum atomic E-state index is 12.0. The van der Waals surface area contributed by atoms with Crippen molar-refractivity contribution < 1.29 is 19.1 Å². The molecule has 0 aliphatic carbocycles. The van der Waals surface area contributed by atoms with E-state index in [9.17, 15) is 9.59 Å². The summed E-state index contributed by atoms with van der Waals surface area (Å²) in [7, 11) is 0. The molecule has 4 heteroatoms. The van der Waals surface area contributed by atoms with Crippen molar-refractivity contribution in [2.75, 3.05) is 13.2 Å². The quantitative estimate of drug-likeness (QED) is 0.156. The summed E-state index contributed by atoms with van der Waals surface area (Å²) in [6.45, 7) is 0.404. The van der Waals surface area contributed by atoms with Crippen LogP contribution in [0.3, 0.4) is 0 Å². The predicted molar refractivity (Wildman–Crippen MR) is 159 cm³/mol. The molecule has 0 N–H and O–H groups in total. The van der Waals surface area contributed by atoms with E-state index in [1.165, 1.54) is 0 Å². The van der Waals surface area contributed by atoms with Gasteiger partial charge in [-0.25, -0.2) is 0 Å². The van der Waals surface area contributed by atoms with Gasteiger partial charge in [0.1, 0.15) is 37.3 Å². The van der Waals surface area contributed by atoms with Crippen LogP contribution in [0.15, 0.2) is 133 Å². The molecule has 0 heterocycles. The van der Waals surface area contributed by atoms with E-state index in [1.54, 1.807) is 0 Å². The molecule has 198 valence electrons. The zero-order chi connectivity index (χ0) is 27.6. The third-order valence-corrected chi connectivity index (χ3v) is 6.88.